The van der Waals surface area contributed by atoms with E-state index in [9.17, 15) is 4.39 Å². The lowest BCUT2D eigenvalue weighted by molar-refractivity contribution is 0.0587. The molecule has 0 aromatic carbocycles. The second kappa shape index (κ2) is 6.33. The van der Waals surface area contributed by atoms with Gasteiger partial charge in [-0.05, 0) is 25.8 Å². The van der Waals surface area contributed by atoms with E-state index in [1.807, 2.05) is 6.92 Å². The zero-order chi connectivity index (χ0) is 9.52. The number of nitrogens with one attached hydrogen (secondary N) is 1. The summed E-state index contributed by atoms with van der Waals surface area (Å²) in [7, 11) is 0. The van der Waals surface area contributed by atoms with E-state index in [4.69, 9.17) is 4.74 Å². The van der Waals surface area contributed by atoms with E-state index in [0.29, 0.717) is 6.61 Å². The lowest BCUT2D eigenvalue weighted by Crippen LogP contribution is -2.43. The first-order valence-corrected chi connectivity index (χ1v) is 5.29. The summed E-state index contributed by atoms with van der Waals surface area (Å²) in [5.41, 5.74) is 0. The summed E-state index contributed by atoms with van der Waals surface area (Å²) in [6, 6.07) is 0.0330. The van der Waals surface area contributed by atoms with Crippen LogP contribution >= 0.6 is 0 Å². The Labute approximate surface area is 79.8 Å². The molecule has 1 rings (SSSR count). The zero-order valence-electron chi connectivity index (χ0n) is 8.39. The molecule has 0 radical (unpaired) electrons. The molecule has 2 nitrogen and oxygen atoms in total. The van der Waals surface area contributed by atoms with Crippen LogP contribution in [0.5, 0.6) is 0 Å². The maximum atomic E-state index is 13.4. The van der Waals surface area contributed by atoms with Gasteiger partial charge in [-0.1, -0.05) is 13.3 Å². The maximum Gasteiger partial charge on any atom is 0.139 e. The highest BCUT2D eigenvalue weighted by Crippen LogP contribution is 2.13. The van der Waals surface area contributed by atoms with Gasteiger partial charge in [0.1, 0.15) is 6.17 Å². The van der Waals surface area contributed by atoms with Crippen molar-refractivity contribution in [2.75, 3.05) is 19.8 Å². The van der Waals surface area contributed by atoms with Gasteiger partial charge >= 0.3 is 0 Å². The highest BCUT2D eigenvalue weighted by atomic mass is 19.1. The average molecular weight is 189 g/mol. The minimum Gasteiger partial charge on any atom is -0.378 e. The number of hydrogen-bond acceptors (Lipinski definition) is 2. The van der Waals surface area contributed by atoms with Crippen molar-refractivity contribution in [2.45, 2.75) is 44.8 Å². The van der Waals surface area contributed by atoms with E-state index in [-0.39, 0.29) is 12.6 Å². The molecule has 1 fully saturated rings. The highest BCUT2D eigenvalue weighted by Gasteiger charge is 2.22. The van der Waals surface area contributed by atoms with Gasteiger partial charge in [0.25, 0.3) is 0 Å². The van der Waals surface area contributed by atoms with Gasteiger partial charge in [0, 0.05) is 12.6 Å². The second-order valence-corrected chi connectivity index (χ2v) is 3.65. The smallest absolute Gasteiger partial charge is 0.139 e. The third-order valence-corrected chi connectivity index (χ3v) is 2.41. The number of rotatable bonds is 5. The van der Waals surface area contributed by atoms with Crippen LogP contribution in [0.15, 0.2) is 0 Å². The van der Waals surface area contributed by atoms with Crippen molar-refractivity contribution in [1.82, 2.24) is 5.32 Å². The molecule has 0 saturated carbocycles. The molecular weight excluding hydrogens is 169 g/mol. The standard InChI is InChI=1S/C10H20FNO/c1-2-7-13-8-9(11)10-5-3-4-6-12-10/h9-10,12H,2-8H2,1H3. The number of halogens is 1. The molecule has 0 aromatic rings. The van der Waals surface area contributed by atoms with Crippen LogP contribution in [0.3, 0.4) is 0 Å². The lowest BCUT2D eigenvalue weighted by Gasteiger charge is -2.26. The van der Waals surface area contributed by atoms with E-state index in [2.05, 4.69) is 5.32 Å². The Bertz CT molecular complexity index is 126. The number of piperidine rings is 1. The summed E-state index contributed by atoms with van der Waals surface area (Å²) in [5.74, 6) is 0. The summed E-state index contributed by atoms with van der Waals surface area (Å²) in [4.78, 5) is 0. The quantitative estimate of drug-likeness (QED) is 0.667. The van der Waals surface area contributed by atoms with Crippen LogP contribution in [0.2, 0.25) is 0 Å². The summed E-state index contributed by atoms with van der Waals surface area (Å²) >= 11 is 0. The summed E-state index contributed by atoms with van der Waals surface area (Å²) in [6.07, 6.45) is 3.42. The maximum absolute atomic E-state index is 13.4. The van der Waals surface area contributed by atoms with E-state index in [1.165, 1.54) is 6.42 Å². The van der Waals surface area contributed by atoms with Crippen molar-refractivity contribution >= 4 is 0 Å². The van der Waals surface area contributed by atoms with Crippen molar-refractivity contribution < 1.29 is 9.13 Å². The van der Waals surface area contributed by atoms with Crippen molar-refractivity contribution in [3.8, 4) is 0 Å². The van der Waals surface area contributed by atoms with Gasteiger partial charge < -0.3 is 10.1 Å². The molecule has 0 aliphatic carbocycles. The molecule has 0 amide bonds. The first-order valence-electron chi connectivity index (χ1n) is 5.29. The molecule has 0 bridgehead atoms. The van der Waals surface area contributed by atoms with E-state index in [1.54, 1.807) is 0 Å². The van der Waals surface area contributed by atoms with Gasteiger partial charge in [-0.2, -0.15) is 0 Å². The Hall–Kier alpha value is -0.150. The fourth-order valence-electron chi connectivity index (χ4n) is 1.64. The largest absolute Gasteiger partial charge is 0.378 e. The van der Waals surface area contributed by atoms with E-state index >= 15 is 0 Å². The number of alkyl halides is 1. The first-order chi connectivity index (χ1) is 6.34. The minimum atomic E-state index is -0.827. The molecular formula is C10H20FNO. The van der Waals surface area contributed by atoms with Gasteiger partial charge in [-0.15, -0.1) is 0 Å². The molecule has 1 aliphatic rings. The number of hydrogen-bond donors (Lipinski definition) is 1. The van der Waals surface area contributed by atoms with Crippen LogP contribution < -0.4 is 5.32 Å². The van der Waals surface area contributed by atoms with Crippen molar-refractivity contribution in [2.24, 2.45) is 0 Å². The van der Waals surface area contributed by atoms with Gasteiger partial charge in [0.2, 0.25) is 0 Å². The van der Waals surface area contributed by atoms with Crippen molar-refractivity contribution in [3.63, 3.8) is 0 Å². The zero-order valence-corrected chi connectivity index (χ0v) is 8.39. The Balaban J connectivity index is 2.09. The molecule has 2 atom stereocenters. The molecule has 2 unspecified atom stereocenters. The van der Waals surface area contributed by atoms with E-state index in [0.717, 1.165) is 25.8 Å². The summed E-state index contributed by atoms with van der Waals surface area (Å²) < 4.78 is 18.6. The van der Waals surface area contributed by atoms with Crippen LogP contribution in [-0.4, -0.2) is 32.0 Å². The fraction of sp³-hybridized carbons (Fsp3) is 1.00. The number of ether oxygens (including phenoxy) is 1. The van der Waals surface area contributed by atoms with Crippen LogP contribution in [0.4, 0.5) is 4.39 Å². The van der Waals surface area contributed by atoms with Gasteiger partial charge in [0.05, 0.1) is 6.61 Å². The van der Waals surface area contributed by atoms with Crippen LogP contribution in [-0.2, 0) is 4.74 Å². The monoisotopic (exact) mass is 189 g/mol. The molecule has 1 N–H and O–H groups in total. The predicted molar refractivity (Wildman–Crippen MR) is 51.6 cm³/mol. The average Bonchev–Trinajstić information content (AvgIpc) is 2.19. The minimum absolute atomic E-state index is 0.0330. The molecule has 1 aliphatic heterocycles. The van der Waals surface area contributed by atoms with Crippen LogP contribution in [0.1, 0.15) is 32.6 Å². The fourth-order valence-corrected chi connectivity index (χ4v) is 1.64. The van der Waals surface area contributed by atoms with Gasteiger partial charge in [0.15, 0.2) is 0 Å². The predicted octanol–water partition coefficient (Wildman–Crippen LogP) is 1.89. The van der Waals surface area contributed by atoms with E-state index < -0.39 is 6.17 Å². The van der Waals surface area contributed by atoms with Gasteiger partial charge in [-0.3, -0.25) is 0 Å². The second-order valence-electron chi connectivity index (χ2n) is 3.65. The first kappa shape index (κ1) is 10.9. The topological polar surface area (TPSA) is 21.3 Å². The molecule has 3 heteroatoms. The Morgan fingerprint density at radius 2 is 2.38 bits per heavy atom. The molecule has 0 aromatic heterocycles. The molecule has 0 spiro atoms. The lowest BCUT2D eigenvalue weighted by atomic mass is 10.0. The Morgan fingerprint density at radius 1 is 1.54 bits per heavy atom. The molecule has 78 valence electrons. The SMILES string of the molecule is CCCOCC(F)C1CCCCN1. The van der Waals surface area contributed by atoms with Crippen LogP contribution in [0, 0.1) is 0 Å². The summed E-state index contributed by atoms with van der Waals surface area (Å²) in [5, 5.41) is 3.19. The third-order valence-electron chi connectivity index (χ3n) is 2.41. The van der Waals surface area contributed by atoms with Crippen molar-refractivity contribution in [3.05, 3.63) is 0 Å². The molecule has 1 saturated heterocycles. The summed E-state index contributed by atoms with van der Waals surface area (Å²) in [6.45, 7) is 3.92. The normalized spacial score (nSPS) is 25.8. The van der Waals surface area contributed by atoms with Crippen LogP contribution in [0.25, 0.3) is 0 Å². The highest BCUT2D eigenvalue weighted by molar-refractivity contribution is 4.79. The Morgan fingerprint density at radius 3 is 3.00 bits per heavy atom. The third kappa shape index (κ3) is 4.05. The molecule has 1 heterocycles. The van der Waals surface area contributed by atoms with Crippen molar-refractivity contribution in [1.29, 1.82) is 0 Å². The Kier molecular flexibility index (Phi) is 5.32. The van der Waals surface area contributed by atoms with Gasteiger partial charge in [-0.25, -0.2) is 4.39 Å². The molecule has 13 heavy (non-hydrogen) atoms.